The maximum Gasteiger partial charge on any atom is 0.251 e. The van der Waals surface area contributed by atoms with Crippen molar-refractivity contribution in [3.63, 3.8) is 0 Å². The van der Waals surface area contributed by atoms with E-state index in [-0.39, 0.29) is 16.8 Å². The van der Waals surface area contributed by atoms with E-state index < -0.39 is 10.0 Å². The molecule has 5 nitrogen and oxygen atoms in total. The number of nitrogens with one attached hydrogen (secondary N) is 2. The summed E-state index contributed by atoms with van der Waals surface area (Å²) in [6, 6.07) is 15.3. The average Bonchev–Trinajstić information content (AvgIpc) is 2.55. The summed E-state index contributed by atoms with van der Waals surface area (Å²) >= 11 is 0. The molecule has 0 radical (unpaired) electrons. The fourth-order valence-corrected chi connectivity index (χ4v) is 2.80. The number of hydrogen-bond donors (Lipinski definition) is 2. The third-order valence-corrected chi connectivity index (χ3v) is 4.73. The van der Waals surface area contributed by atoms with Crippen molar-refractivity contribution in [3.05, 3.63) is 65.7 Å². The van der Waals surface area contributed by atoms with E-state index in [1.807, 2.05) is 37.3 Å². The average molecular weight is 318 g/mol. The molecular weight excluding hydrogens is 300 g/mol. The molecule has 2 aromatic carbocycles. The van der Waals surface area contributed by atoms with Crippen molar-refractivity contribution < 1.29 is 13.2 Å². The maximum atomic E-state index is 12.3. The quantitative estimate of drug-likeness (QED) is 0.886. The van der Waals surface area contributed by atoms with Crippen molar-refractivity contribution in [2.24, 2.45) is 0 Å². The van der Waals surface area contributed by atoms with Gasteiger partial charge in [-0.1, -0.05) is 36.4 Å². The molecule has 0 aliphatic heterocycles. The van der Waals surface area contributed by atoms with E-state index in [1.54, 1.807) is 12.1 Å². The Kier molecular flexibility index (Phi) is 4.95. The fraction of sp³-hybridized carbons (Fsp3) is 0.188. The van der Waals surface area contributed by atoms with Gasteiger partial charge in [0.1, 0.15) is 0 Å². The second kappa shape index (κ2) is 6.72. The number of hydrogen-bond acceptors (Lipinski definition) is 3. The lowest BCUT2D eigenvalue weighted by Crippen LogP contribution is -2.27. The molecule has 1 amide bonds. The van der Waals surface area contributed by atoms with E-state index in [1.165, 1.54) is 19.2 Å². The van der Waals surface area contributed by atoms with Gasteiger partial charge in [0, 0.05) is 5.56 Å². The predicted molar refractivity (Wildman–Crippen MR) is 85.0 cm³/mol. The Bertz CT molecular complexity index is 758. The smallest absolute Gasteiger partial charge is 0.251 e. The zero-order valence-electron chi connectivity index (χ0n) is 12.4. The number of benzene rings is 2. The van der Waals surface area contributed by atoms with Crippen LogP contribution >= 0.6 is 0 Å². The third kappa shape index (κ3) is 3.72. The summed E-state index contributed by atoms with van der Waals surface area (Å²) in [5, 5.41) is 2.85. The van der Waals surface area contributed by atoms with Gasteiger partial charge in [-0.05, 0) is 37.7 Å². The molecule has 0 bridgehead atoms. The highest BCUT2D eigenvalue weighted by atomic mass is 32.2. The summed E-state index contributed by atoms with van der Waals surface area (Å²) in [6.45, 7) is 1.88. The molecule has 0 saturated carbocycles. The molecular formula is C16H18N2O3S. The lowest BCUT2D eigenvalue weighted by molar-refractivity contribution is 0.0939. The number of carbonyl (C=O) groups is 1. The van der Waals surface area contributed by atoms with Crippen molar-refractivity contribution in [2.45, 2.75) is 17.9 Å². The van der Waals surface area contributed by atoms with Crippen LogP contribution in [0.2, 0.25) is 0 Å². The zero-order valence-corrected chi connectivity index (χ0v) is 13.2. The summed E-state index contributed by atoms with van der Waals surface area (Å²) in [7, 11) is -2.23. The van der Waals surface area contributed by atoms with E-state index in [9.17, 15) is 13.2 Å². The Morgan fingerprint density at radius 1 is 1.05 bits per heavy atom. The minimum Gasteiger partial charge on any atom is -0.346 e. The van der Waals surface area contributed by atoms with Gasteiger partial charge in [-0.3, -0.25) is 4.79 Å². The molecule has 1 atom stereocenters. The highest BCUT2D eigenvalue weighted by molar-refractivity contribution is 7.89. The number of amides is 1. The Hall–Kier alpha value is -2.18. The van der Waals surface area contributed by atoms with E-state index >= 15 is 0 Å². The van der Waals surface area contributed by atoms with Crippen molar-refractivity contribution >= 4 is 15.9 Å². The van der Waals surface area contributed by atoms with E-state index in [2.05, 4.69) is 10.0 Å². The SMILES string of the molecule is CNS(=O)(=O)c1cccc(C(=O)N[C@H](C)c2ccccc2)c1. The predicted octanol–water partition coefficient (Wildman–Crippen LogP) is 2.09. The summed E-state index contributed by atoms with van der Waals surface area (Å²) < 4.78 is 25.8. The summed E-state index contributed by atoms with van der Waals surface area (Å²) in [6.07, 6.45) is 0. The molecule has 2 aromatic rings. The molecule has 0 aliphatic rings. The summed E-state index contributed by atoms with van der Waals surface area (Å²) in [4.78, 5) is 12.3. The molecule has 22 heavy (non-hydrogen) atoms. The second-order valence-electron chi connectivity index (χ2n) is 4.84. The van der Waals surface area contributed by atoms with Crippen LogP contribution in [0.25, 0.3) is 0 Å². The van der Waals surface area contributed by atoms with Gasteiger partial charge in [-0.25, -0.2) is 13.1 Å². The van der Waals surface area contributed by atoms with Crippen LogP contribution in [0, 0.1) is 0 Å². The monoisotopic (exact) mass is 318 g/mol. The van der Waals surface area contributed by atoms with E-state index in [4.69, 9.17) is 0 Å². The molecule has 0 spiro atoms. The minimum absolute atomic E-state index is 0.0648. The van der Waals surface area contributed by atoms with Gasteiger partial charge in [0.15, 0.2) is 0 Å². The molecule has 0 unspecified atom stereocenters. The number of carbonyl (C=O) groups excluding carboxylic acids is 1. The first-order chi connectivity index (χ1) is 10.4. The minimum atomic E-state index is -3.56. The Morgan fingerprint density at radius 3 is 2.36 bits per heavy atom. The van der Waals surface area contributed by atoms with Gasteiger partial charge in [0.2, 0.25) is 10.0 Å². The van der Waals surface area contributed by atoms with Crippen molar-refractivity contribution in [1.82, 2.24) is 10.0 Å². The molecule has 2 N–H and O–H groups in total. The first kappa shape index (κ1) is 16.2. The molecule has 0 heterocycles. The standard InChI is InChI=1S/C16H18N2O3S/c1-12(13-7-4-3-5-8-13)18-16(19)14-9-6-10-15(11-14)22(20,21)17-2/h3-12,17H,1-2H3,(H,18,19)/t12-/m1/s1. The van der Waals surface area contributed by atoms with Crippen molar-refractivity contribution in [1.29, 1.82) is 0 Å². The van der Waals surface area contributed by atoms with Crippen LogP contribution in [0.15, 0.2) is 59.5 Å². The molecule has 116 valence electrons. The fourth-order valence-electron chi connectivity index (χ4n) is 2.03. The second-order valence-corrected chi connectivity index (χ2v) is 6.73. The van der Waals surface area contributed by atoms with Crippen LogP contribution < -0.4 is 10.0 Å². The third-order valence-electron chi connectivity index (χ3n) is 3.32. The van der Waals surface area contributed by atoms with Crippen LogP contribution in [-0.2, 0) is 10.0 Å². The van der Waals surface area contributed by atoms with Crippen LogP contribution in [0.3, 0.4) is 0 Å². The highest BCUT2D eigenvalue weighted by Gasteiger charge is 2.15. The van der Waals surface area contributed by atoms with Gasteiger partial charge in [0.05, 0.1) is 10.9 Å². The van der Waals surface area contributed by atoms with Crippen LogP contribution in [0.5, 0.6) is 0 Å². The van der Waals surface area contributed by atoms with Crippen molar-refractivity contribution in [2.75, 3.05) is 7.05 Å². The zero-order chi connectivity index (χ0) is 16.2. The summed E-state index contributed by atoms with van der Waals surface area (Å²) in [5.41, 5.74) is 1.29. The Labute approximate surface area is 130 Å². The molecule has 0 fully saturated rings. The van der Waals surface area contributed by atoms with Gasteiger partial charge in [0.25, 0.3) is 5.91 Å². The molecule has 2 rings (SSSR count). The first-order valence-electron chi connectivity index (χ1n) is 6.83. The lowest BCUT2D eigenvalue weighted by Gasteiger charge is -2.14. The highest BCUT2D eigenvalue weighted by Crippen LogP contribution is 2.14. The van der Waals surface area contributed by atoms with E-state index in [0.717, 1.165) is 5.56 Å². The van der Waals surface area contributed by atoms with Gasteiger partial charge in [-0.2, -0.15) is 0 Å². The largest absolute Gasteiger partial charge is 0.346 e. The van der Waals surface area contributed by atoms with Crippen LogP contribution in [-0.4, -0.2) is 21.4 Å². The van der Waals surface area contributed by atoms with Gasteiger partial charge in [-0.15, -0.1) is 0 Å². The normalized spacial score (nSPS) is 12.6. The Balaban J connectivity index is 2.19. The van der Waals surface area contributed by atoms with Gasteiger partial charge < -0.3 is 5.32 Å². The lowest BCUT2D eigenvalue weighted by atomic mass is 10.1. The Morgan fingerprint density at radius 2 is 1.73 bits per heavy atom. The van der Waals surface area contributed by atoms with Gasteiger partial charge >= 0.3 is 0 Å². The maximum absolute atomic E-state index is 12.3. The molecule has 0 aliphatic carbocycles. The topological polar surface area (TPSA) is 75.3 Å². The number of rotatable bonds is 5. The van der Waals surface area contributed by atoms with Crippen LogP contribution in [0.1, 0.15) is 28.9 Å². The van der Waals surface area contributed by atoms with E-state index in [0.29, 0.717) is 5.56 Å². The van der Waals surface area contributed by atoms with Crippen molar-refractivity contribution in [3.8, 4) is 0 Å². The number of sulfonamides is 1. The summed E-state index contributed by atoms with van der Waals surface area (Å²) in [5.74, 6) is -0.315. The molecule has 6 heteroatoms. The first-order valence-corrected chi connectivity index (χ1v) is 8.32. The van der Waals surface area contributed by atoms with Crippen LogP contribution in [0.4, 0.5) is 0 Å². The molecule has 0 saturated heterocycles. The molecule has 0 aromatic heterocycles.